The SMILES string of the molecule is CCc1cc(Cl)nc(C(F)F)c1. The quantitative estimate of drug-likeness (QED) is 0.654. The Hall–Kier alpha value is -0.700. The van der Waals surface area contributed by atoms with Crippen molar-refractivity contribution in [3.05, 3.63) is 28.5 Å². The minimum atomic E-state index is -2.55. The van der Waals surface area contributed by atoms with E-state index in [4.69, 9.17) is 11.6 Å². The average molecular weight is 192 g/mol. The van der Waals surface area contributed by atoms with Crippen LogP contribution in [0.4, 0.5) is 8.78 Å². The van der Waals surface area contributed by atoms with Gasteiger partial charge >= 0.3 is 0 Å². The number of hydrogen-bond acceptors (Lipinski definition) is 1. The molecule has 0 unspecified atom stereocenters. The van der Waals surface area contributed by atoms with E-state index in [1.54, 1.807) is 6.07 Å². The summed E-state index contributed by atoms with van der Waals surface area (Å²) >= 11 is 5.53. The van der Waals surface area contributed by atoms with E-state index < -0.39 is 6.43 Å². The van der Waals surface area contributed by atoms with Crippen LogP contribution < -0.4 is 0 Å². The van der Waals surface area contributed by atoms with Crippen molar-refractivity contribution in [2.45, 2.75) is 19.8 Å². The zero-order chi connectivity index (χ0) is 9.14. The van der Waals surface area contributed by atoms with E-state index in [2.05, 4.69) is 4.98 Å². The summed E-state index contributed by atoms with van der Waals surface area (Å²) in [7, 11) is 0. The average Bonchev–Trinajstić information content (AvgIpc) is 2.03. The molecule has 1 nitrogen and oxygen atoms in total. The van der Waals surface area contributed by atoms with Crippen molar-refractivity contribution < 1.29 is 8.78 Å². The zero-order valence-electron chi connectivity index (χ0n) is 6.52. The molecule has 0 spiro atoms. The first kappa shape index (κ1) is 9.39. The van der Waals surface area contributed by atoms with Gasteiger partial charge in [-0.2, -0.15) is 0 Å². The first-order valence-corrected chi connectivity index (χ1v) is 3.95. The van der Waals surface area contributed by atoms with E-state index in [9.17, 15) is 8.78 Å². The maximum atomic E-state index is 12.1. The van der Waals surface area contributed by atoms with Crippen LogP contribution in [-0.4, -0.2) is 4.98 Å². The highest BCUT2D eigenvalue weighted by atomic mass is 35.5. The monoisotopic (exact) mass is 191 g/mol. The molecule has 0 aliphatic carbocycles. The van der Waals surface area contributed by atoms with Crippen LogP contribution in [0.2, 0.25) is 5.15 Å². The first-order valence-electron chi connectivity index (χ1n) is 3.58. The number of hydrogen-bond donors (Lipinski definition) is 0. The van der Waals surface area contributed by atoms with E-state index in [1.165, 1.54) is 6.07 Å². The number of alkyl halides is 2. The molecule has 0 saturated heterocycles. The normalized spacial score (nSPS) is 10.8. The maximum Gasteiger partial charge on any atom is 0.280 e. The summed E-state index contributed by atoms with van der Waals surface area (Å²) in [6, 6.07) is 2.96. The Labute approximate surface area is 74.4 Å². The highest BCUT2D eigenvalue weighted by Gasteiger charge is 2.10. The topological polar surface area (TPSA) is 12.9 Å². The van der Waals surface area contributed by atoms with Crippen molar-refractivity contribution in [1.29, 1.82) is 0 Å². The molecule has 0 N–H and O–H groups in total. The molecule has 12 heavy (non-hydrogen) atoms. The number of nitrogens with zero attached hydrogens (tertiary/aromatic N) is 1. The summed E-state index contributed by atoms with van der Waals surface area (Å²) in [4.78, 5) is 3.50. The van der Waals surface area contributed by atoms with Crippen LogP contribution in [0, 0.1) is 0 Å². The van der Waals surface area contributed by atoms with E-state index >= 15 is 0 Å². The van der Waals surface area contributed by atoms with Gasteiger partial charge in [0.15, 0.2) is 0 Å². The lowest BCUT2D eigenvalue weighted by atomic mass is 10.2. The lowest BCUT2D eigenvalue weighted by Gasteiger charge is -2.02. The summed E-state index contributed by atoms with van der Waals surface area (Å²) in [6.07, 6.45) is -1.86. The molecule has 0 amide bonds. The van der Waals surface area contributed by atoms with Gasteiger partial charge in [0.2, 0.25) is 0 Å². The molecule has 4 heteroatoms. The standard InChI is InChI=1S/C8H8ClF2N/c1-2-5-3-6(8(10)11)12-7(9)4-5/h3-4,8H,2H2,1H3. The number of halogens is 3. The minimum Gasteiger partial charge on any atom is -0.235 e. The van der Waals surface area contributed by atoms with Gasteiger partial charge < -0.3 is 0 Å². The van der Waals surface area contributed by atoms with E-state index in [0.29, 0.717) is 6.42 Å². The second kappa shape index (κ2) is 3.81. The molecule has 0 bridgehead atoms. The predicted molar refractivity (Wildman–Crippen MR) is 43.6 cm³/mol. The van der Waals surface area contributed by atoms with Gasteiger partial charge in [0, 0.05) is 0 Å². The molecule has 1 heterocycles. The lowest BCUT2D eigenvalue weighted by molar-refractivity contribution is 0.146. The Morgan fingerprint density at radius 1 is 1.50 bits per heavy atom. The van der Waals surface area contributed by atoms with Gasteiger partial charge in [0.05, 0.1) is 0 Å². The van der Waals surface area contributed by atoms with Gasteiger partial charge in [-0.3, -0.25) is 0 Å². The highest BCUT2D eigenvalue weighted by Crippen LogP contribution is 2.20. The fourth-order valence-electron chi connectivity index (χ4n) is 0.888. The zero-order valence-corrected chi connectivity index (χ0v) is 7.28. The molecule has 0 aromatic carbocycles. The largest absolute Gasteiger partial charge is 0.280 e. The fourth-order valence-corrected chi connectivity index (χ4v) is 1.13. The summed E-state index contributed by atoms with van der Waals surface area (Å²) in [5, 5.41) is 0.129. The number of aryl methyl sites for hydroxylation is 1. The minimum absolute atomic E-state index is 0.129. The van der Waals surface area contributed by atoms with Crippen LogP contribution in [-0.2, 0) is 6.42 Å². The fraction of sp³-hybridized carbons (Fsp3) is 0.375. The Bertz CT molecular complexity index is 276. The molecule has 0 aliphatic rings. The smallest absolute Gasteiger partial charge is 0.235 e. The van der Waals surface area contributed by atoms with Crippen molar-refractivity contribution in [2.24, 2.45) is 0 Å². The Kier molecular flexibility index (Phi) is 2.98. The second-order valence-electron chi connectivity index (χ2n) is 2.38. The van der Waals surface area contributed by atoms with Crippen molar-refractivity contribution in [2.75, 3.05) is 0 Å². The molecule has 1 aromatic rings. The Morgan fingerprint density at radius 2 is 2.17 bits per heavy atom. The number of aromatic nitrogens is 1. The van der Waals surface area contributed by atoms with Crippen LogP contribution >= 0.6 is 11.6 Å². The van der Waals surface area contributed by atoms with Gasteiger partial charge in [-0.1, -0.05) is 18.5 Å². The molecule has 0 radical (unpaired) electrons. The van der Waals surface area contributed by atoms with Gasteiger partial charge in [-0.05, 0) is 24.1 Å². The third-order valence-electron chi connectivity index (χ3n) is 1.51. The predicted octanol–water partition coefficient (Wildman–Crippen LogP) is 3.24. The Balaban J connectivity index is 3.06. The van der Waals surface area contributed by atoms with Crippen molar-refractivity contribution in [1.82, 2.24) is 4.98 Å². The molecule has 1 rings (SSSR count). The van der Waals surface area contributed by atoms with Gasteiger partial charge in [0.1, 0.15) is 10.8 Å². The van der Waals surface area contributed by atoms with Crippen LogP contribution in [0.15, 0.2) is 12.1 Å². The Morgan fingerprint density at radius 3 is 2.67 bits per heavy atom. The van der Waals surface area contributed by atoms with Crippen molar-refractivity contribution in [3.63, 3.8) is 0 Å². The van der Waals surface area contributed by atoms with Gasteiger partial charge in [0.25, 0.3) is 6.43 Å². The summed E-state index contributed by atoms with van der Waals surface area (Å²) in [5.41, 5.74) is 0.532. The molecule has 66 valence electrons. The molecule has 0 atom stereocenters. The van der Waals surface area contributed by atoms with Crippen LogP contribution in [0.1, 0.15) is 24.6 Å². The number of rotatable bonds is 2. The molecule has 1 aromatic heterocycles. The second-order valence-corrected chi connectivity index (χ2v) is 2.76. The summed E-state index contributed by atoms with van der Waals surface area (Å²) in [5.74, 6) is 0. The van der Waals surface area contributed by atoms with E-state index in [0.717, 1.165) is 5.56 Å². The van der Waals surface area contributed by atoms with Gasteiger partial charge in [-0.25, -0.2) is 13.8 Å². The third-order valence-corrected chi connectivity index (χ3v) is 1.70. The molecular weight excluding hydrogens is 184 g/mol. The van der Waals surface area contributed by atoms with E-state index in [-0.39, 0.29) is 10.8 Å². The first-order chi connectivity index (χ1) is 5.63. The van der Waals surface area contributed by atoms with Crippen molar-refractivity contribution >= 4 is 11.6 Å². The molecule has 0 saturated carbocycles. The number of pyridine rings is 1. The van der Waals surface area contributed by atoms with Crippen LogP contribution in [0.5, 0.6) is 0 Å². The highest BCUT2D eigenvalue weighted by molar-refractivity contribution is 6.29. The maximum absolute atomic E-state index is 12.1. The van der Waals surface area contributed by atoms with Crippen molar-refractivity contribution in [3.8, 4) is 0 Å². The van der Waals surface area contributed by atoms with Gasteiger partial charge in [-0.15, -0.1) is 0 Å². The summed E-state index contributed by atoms with van der Waals surface area (Å²) in [6.45, 7) is 1.88. The molecule has 0 fully saturated rings. The molecule has 0 aliphatic heterocycles. The molecular formula is C8H8ClF2N. The third kappa shape index (κ3) is 2.14. The van der Waals surface area contributed by atoms with Crippen LogP contribution in [0.3, 0.4) is 0 Å². The van der Waals surface area contributed by atoms with Crippen LogP contribution in [0.25, 0.3) is 0 Å². The van der Waals surface area contributed by atoms with E-state index in [1.807, 2.05) is 6.92 Å². The summed E-state index contributed by atoms with van der Waals surface area (Å²) < 4.78 is 24.3. The lowest BCUT2D eigenvalue weighted by Crippen LogP contribution is -1.93.